The van der Waals surface area contributed by atoms with E-state index in [9.17, 15) is 9.36 Å². The lowest BCUT2D eigenvalue weighted by atomic mass is 10.4. The van der Waals surface area contributed by atoms with Gasteiger partial charge in [-0.1, -0.05) is 0 Å². The van der Waals surface area contributed by atoms with Gasteiger partial charge in [-0.05, 0) is 25.9 Å². The molecular formula is C7H17N2O5P. The Bertz CT molecular complexity index is 218. The van der Waals surface area contributed by atoms with Crippen LogP contribution in [-0.4, -0.2) is 46.8 Å². The van der Waals surface area contributed by atoms with Crippen LogP contribution in [-0.2, 0) is 9.36 Å². The normalized spacial score (nSPS) is 15.6. The van der Waals surface area contributed by atoms with E-state index in [0.717, 1.165) is 0 Å². The Morgan fingerprint density at radius 1 is 1.33 bits per heavy atom. The monoisotopic (exact) mass is 240 g/mol. The van der Waals surface area contributed by atoms with E-state index in [-0.39, 0.29) is 0 Å². The molecular weight excluding hydrogens is 223 g/mol. The Morgan fingerprint density at radius 3 is 2.13 bits per heavy atom. The Hall–Kier alpha value is -0.460. The number of hydrogen-bond acceptors (Lipinski definition) is 4. The average Bonchev–Trinajstić information content (AvgIpc) is 2.56. The molecule has 0 bridgehead atoms. The van der Waals surface area contributed by atoms with Crippen LogP contribution in [0.3, 0.4) is 0 Å². The zero-order chi connectivity index (χ0) is 11.7. The molecule has 0 radical (unpaired) electrons. The van der Waals surface area contributed by atoms with Crippen molar-refractivity contribution in [3.8, 4) is 0 Å². The first-order valence-electron chi connectivity index (χ1n) is 4.59. The van der Waals surface area contributed by atoms with Crippen molar-refractivity contribution in [1.82, 2.24) is 10.6 Å². The molecule has 1 aliphatic heterocycles. The van der Waals surface area contributed by atoms with Crippen molar-refractivity contribution in [2.24, 2.45) is 0 Å². The largest absolute Gasteiger partial charge is 0.480 e. The van der Waals surface area contributed by atoms with E-state index in [1.807, 2.05) is 0 Å². The summed E-state index contributed by atoms with van der Waals surface area (Å²) >= 11 is 0. The van der Waals surface area contributed by atoms with Crippen LogP contribution in [0.5, 0.6) is 0 Å². The summed E-state index contributed by atoms with van der Waals surface area (Å²) in [6.07, 6.45) is 2.18. The first kappa shape index (κ1) is 14.5. The van der Waals surface area contributed by atoms with E-state index < -0.39 is 26.4 Å². The summed E-state index contributed by atoms with van der Waals surface area (Å²) in [5, 5.41) is 13.3. The Morgan fingerprint density at radius 2 is 1.87 bits per heavy atom. The van der Waals surface area contributed by atoms with Crippen LogP contribution in [0.25, 0.3) is 0 Å². The van der Waals surface area contributed by atoms with Crippen molar-refractivity contribution >= 4 is 13.6 Å². The molecule has 0 saturated carbocycles. The topological polar surface area (TPSA) is 119 Å². The van der Waals surface area contributed by atoms with Gasteiger partial charge in [0.15, 0.2) is 0 Å². The van der Waals surface area contributed by atoms with Crippen LogP contribution >= 0.6 is 7.60 Å². The molecule has 5 N–H and O–H groups in total. The zero-order valence-corrected chi connectivity index (χ0v) is 9.24. The van der Waals surface area contributed by atoms with Crippen LogP contribution in [0, 0.1) is 0 Å². The second-order valence-corrected chi connectivity index (χ2v) is 4.75. The summed E-state index contributed by atoms with van der Waals surface area (Å²) < 4.78 is 10.1. The summed E-state index contributed by atoms with van der Waals surface area (Å²) in [6.45, 7) is 2.06. The second kappa shape index (κ2) is 7.78. The number of nitrogens with one attached hydrogen (secondary N) is 2. The van der Waals surface area contributed by atoms with E-state index in [0.29, 0.717) is 0 Å². The minimum atomic E-state index is -4.10. The predicted octanol–water partition coefficient (Wildman–Crippen LogP) is -0.834. The van der Waals surface area contributed by atoms with Gasteiger partial charge in [-0.15, -0.1) is 0 Å². The standard InChI is InChI=1S/C4H9N.C3H8NO5P/c1-2-4-5-3-1;5-3(6)1-4-2-10(7,8)9/h5H,1-4H2;4H,1-2H2,(H,5,6)(H2,7,8,9). The number of carboxylic acids is 1. The Balaban J connectivity index is 0.000000322. The third-order valence-corrected chi connectivity index (χ3v) is 2.19. The van der Waals surface area contributed by atoms with Crippen molar-refractivity contribution in [2.75, 3.05) is 25.9 Å². The van der Waals surface area contributed by atoms with Gasteiger partial charge >= 0.3 is 13.6 Å². The van der Waals surface area contributed by atoms with E-state index in [4.69, 9.17) is 14.9 Å². The fourth-order valence-corrected chi connectivity index (χ4v) is 1.34. The number of hydrogen-bond donors (Lipinski definition) is 5. The molecule has 1 heterocycles. The summed E-state index contributed by atoms with van der Waals surface area (Å²) in [4.78, 5) is 26.1. The maximum Gasteiger partial charge on any atom is 0.339 e. The lowest BCUT2D eigenvalue weighted by Crippen LogP contribution is -2.23. The van der Waals surface area contributed by atoms with Gasteiger partial charge in [0.25, 0.3) is 0 Å². The molecule has 0 spiro atoms. The van der Waals surface area contributed by atoms with E-state index in [1.165, 1.54) is 25.9 Å². The number of carbonyl (C=O) groups is 1. The van der Waals surface area contributed by atoms with Crippen molar-refractivity contribution in [2.45, 2.75) is 12.8 Å². The first-order valence-corrected chi connectivity index (χ1v) is 6.39. The van der Waals surface area contributed by atoms with Gasteiger partial charge in [-0.2, -0.15) is 0 Å². The quantitative estimate of drug-likeness (QED) is 0.407. The molecule has 0 atom stereocenters. The zero-order valence-electron chi connectivity index (χ0n) is 8.35. The Kier molecular flexibility index (Phi) is 7.54. The molecule has 0 aromatic rings. The third kappa shape index (κ3) is 13.5. The van der Waals surface area contributed by atoms with Gasteiger partial charge in [0.1, 0.15) is 0 Å². The number of carboxylic acid groups (broad SMARTS) is 1. The molecule has 15 heavy (non-hydrogen) atoms. The SMILES string of the molecule is C1CCNC1.O=C(O)CNCP(=O)(O)O. The average molecular weight is 240 g/mol. The van der Waals surface area contributed by atoms with Crippen molar-refractivity contribution in [3.05, 3.63) is 0 Å². The molecule has 0 amide bonds. The number of aliphatic carboxylic acids is 1. The van der Waals surface area contributed by atoms with Crippen LogP contribution in [0.2, 0.25) is 0 Å². The molecule has 1 saturated heterocycles. The van der Waals surface area contributed by atoms with E-state index >= 15 is 0 Å². The minimum absolute atomic E-state index is 0.439. The summed E-state index contributed by atoms with van der Waals surface area (Å²) in [7, 11) is -4.10. The second-order valence-electron chi connectivity index (χ2n) is 3.10. The molecule has 1 fully saturated rings. The van der Waals surface area contributed by atoms with Crippen LogP contribution in [0.1, 0.15) is 12.8 Å². The Labute approximate surface area is 88.0 Å². The molecule has 8 heteroatoms. The molecule has 1 aliphatic rings. The van der Waals surface area contributed by atoms with E-state index in [1.54, 1.807) is 0 Å². The van der Waals surface area contributed by atoms with Crippen LogP contribution in [0.4, 0.5) is 0 Å². The first-order chi connectivity index (χ1) is 6.92. The molecule has 7 nitrogen and oxygen atoms in total. The predicted molar refractivity (Wildman–Crippen MR) is 54.7 cm³/mol. The highest BCUT2D eigenvalue weighted by Crippen LogP contribution is 2.31. The molecule has 90 valence electrons. The highest BCUT2D eigenvalue weighted by Gasteiger charge is 2.11. The molecule has 1 rings (SSSR count). The summed E-state index contributed by atoms with van der Waals surface area (Å²) in [5.74, 6) is -1.14. The van der Waals surface area contributed by atoms with Gasteiger partial charge in [-0.3, -0.25) is 14.7 Å². The smallest absolute Gasteiger partial charge is 0.339 e. The molecule has 0 aliphatic carbocycles. The van der Waals surface area contributed by atoms with Gasteiger partial charge in [0.2, 0.25) is 0 Å². The summed E-state index contributed by atoms with van der Waals surface area (Å²) in [6, 6.07) is 0. The van der Waals surface area contributed by atoms with Crippen LogP contribution < -0.4 is 10.6 Å². The van der Waals surface area contributed by atoms with Gasteiger partial charge in [0, 0.05) is 0 Å². The maximum atomic E-state index is 10.1. The van der Waals surface area contributed by atoms with Crippen molar-refractivity contribution in [1.29, 1.82) is 0 Å². The highest BCUT2D eigenvalue weighted by molar-refractivity contribution is 7.51. The minimum Gasteiger partial charge on any atom is -0.480 e. The fraction of sp³-hybridized carbons (Fsp3) is 0.857. The van der Waals surface area contributed by atoms with Crippen LogP contribution in [0.15, 0.2) is 0 Å². The molecule has 0 aromatic carbocycles. The van der Waals surface area contributed by atoms with Gasteiger partial charge < -0.3 is 20.2 Å². The lowest BCUT2D eigenvalue weighted by Gasteiger charge is -2.02. The van der Waals surface area contributed by atoms with Crippen molar-refractivity contribution in [3.63, 3.8) is 0 Å². The highest BCUT2D eigenvalue weighted by atomic mass is 31.2. The fourth-order valence-electron chi connectivity index (χ4n) is 0.933. The maximum absolute atomic E-state index is 10.1. The molecule has 0 unspecified atom stereocenters. The van der Waals surface area contributed by atoms with Gasteiger partial charge in [0.05, 0.1) is 12.8 Å². The third-order valence-electron chi connectivity index (χ3n) is 1.55. The van der Waals surface area contributed by atoms with E-state index in [2.05, 4.69) is 10.6 Å². The van der Waals surface area contributed by atoms with Crippen molar-refractivity contribution < 1.29 is 24.3 Å². The number of rotatable bonds is 4. The molecule has 0 aromatic heterocycles. The van der Waals surface area contributed by atoms with Gasteiger partial charge in [-0.25, -0.2) is 0 Å². The summed E-state index contributed by atoms with van der Waals surface area (Å²) in [5.41, 5.74) is 0. The lowest BCUT2D eigenvalue weighted by molar-refractivity contribution is -0.135.